The van der Waals surface area contributed by atoms with Gasteiger partial charge in [-0.25, -0.2) is 9.98 Å². The van der Waals surface area contributed by atoms with E-state index in [-0.39, 0.29) is 0 Å². The normalized spacial score (nSPS) is 13.8. The molecule has 0 spiro atoms. The van der Waals surface area contributed by atoms with Gasteiger partial charge in [0.25, 0.3) is 0 Å². The fourth-order valence-corrected chi connectivity index (χ4v) is 6.50. The van der Waals surface area contributed by atoms with Crippen molar-refractivity contribution in [3.63, 3.8) is 0 Å². The van der Waals surface area contributed by atoms with Gasteiger partial charge in [-0.1, -0.05) is 121 Å². The van der Waals surface area contributed by atoms with Crippen LogP contribution in [0.2, 0.25) is 0 Å². The number of fused-ring (bicyclic) bond motifs is 6. The first-order valence-corrected chi connectivity index (χ1v) is 14.8. The van der Waals surface area contributed by atoms with Gasteiger partial charge in [0, 0.05) is 38.2 Å². The second kappa shape index (κ2) is 9.82. The van der Waals surface area contributed by atoms with E-state index in [0.717, 1.165) is 77.8 Å². The van der Waals surface area contributed by atoms with Crippen molar-refractivity contribution in [2.24, 2.45) is 9.98 Å². The molecule has 1 aliphatic heterocycles. The van der Waals surface area contributed by atoms with Crippen molar-refractivity contribution in [2.75, 3.05) is 0 Å². The molecule has 0 amide bonds. The number of nitrogens with zero attached hydrogens (tertiary/aromatic N) is 3. The molecule has 0 saturated heterocycles. The van der Waals surface area contributed by atoms with Gasteiger partial charge in [0.2, 0.25) is 0 Å². The van der Waals surface area contributed by atoms with E-state index in [1.807, 2.05) is 48.5 Å². The highest BCUT2D eigenvalue weighted by Crippen LogP contribution is 2.41. The second-order valence-electron chi connectivity index (χ2n) is 11.0. The lowest BCUT2D eigenvalue weighted by atomic mass is 10.0. The van der Waals surface area contributed by atoms with Crippen LogP contribution in [0.5, 0.6) is 0 Å². The third kappa shape index (κ3) is 3.80. The van der Waals surface area contributed by atoms with Crippen LogP contribution in [-0.2, 0) is 0 Å². The third-order valence-electron chi connectivity index (χ3n) is 8.47. The van der Waals surface area contributed by atoms with Gasteiger partial charge in [0.05, 0.1) is 16.7 Å². The van der Waals surface area contributed by atoms with Gasteiger partial charge in [-0.15, -0.1) is 0 Å². The standard InChI is InChI=1S/C39H26N4O/c1-3-13-25(14-4-1)37-40-38(26-15-5-2-6-16-26)42-39(41-37)30-20-12-22-32-35(30)29-18-7-9-21-31(29)43(32)33-23-11-19-28-27-17-8-10-24-34(27)44-36(28)33/h1-24,39H,(H,40,41,42). The van der Waals surface area contributed by atoms with E-state index < -0.39 is 6.17 Å². The van der Waals surface area contributed by atoms with Crippen molar-refractivity contribution in [3.8, 4) is 5.69 Å². The van der Waals surface area contributed by atoms with Crippen molar-refractivity contribution < 1.29 is 4.42 Å². The van der Waals surface area contributed by atoms with Crippen molar-refractivity contribution in [1.82, 2.24) is 9.88 Å². The molecule has 5 heteroatoms. The maximum absolute atomic E-state index is 6.51. The Balaban J connectivity index is 1.32. The summed E-state index contributed by atoms with van der Waals surface area (Å²) in [7, 11) is 0. The third-order valence-corrected chi connectivity index (χ3v) is 8.47. The highest BCUT2D eigenvalue weighted by Gasteiger charge is 2.25. The zero-order valence-corrected chi connectivity index (χ0v) is 23.7. The molecule has 1 aliphatic rings. The Labute approximate surface area is 253 Å². The number of aromatic nitrogens is 1. The van der Waals surface area contributed by atoms with E-state index in [1.54, 1.807) is 0 Å². The zero-order valence-electron chi connectivity index (χ0n) is 23.7. The van der Waals surface area contributed by atoms with Gasteiger partial charge < -0.3 is 14.3 Å². The Morgan fingerprint density at radius 1 is 0.523 bits per heavy atom. The van der Waals surface area contributed by atoms with Gasteiger partial charge in [-0.05, 0) is 24.3 Å². The summed E-state index contributed by atoms with van der Waals surface area (Å²) in [5.41, 5.74) is 8.06. The van der Waals surface area contributed by atoms with Crippen molar-refractivity contribution >= 4 is 55.4 Å². The maximum Gasteiger partial charge on any atom is 0.170 e. The van der Waals surface area contributed by atoms with Crippen molar-refractivity contribution in [1.29, 1.82) is 0 Å². The summed E-state index contributed by atoms with van der Waals surface area (Å²) < 4.78 is 8.83. The molecule has 0 unspecified atom stereocenters. The summed E-state index contributed by atoms with van der Waals surface area (Å²) in [6.45, 7) is 0. The number of benzene rings is 6. The molecule has 0 saturated carbocycles. The Bertz CT molecular complexity index is 2360. The van der Waals surface area contributed by atoms with Crippen LogP contribution in [0, 0.1) is 0 Å². The molecule has 5 nitrogen and oxygen atoms in total. The zero-order chi connectivity index (χ0) is 29.0. The predicted octanol–water partition coefficient (Wildman–Crippen LogP) is 9.18. The summed E-state index contributed by atoms with van der Waals surface area (Å²) in [4.78, 5) is 10.4. The molecule has 0 bridgehead atoms. The monoisotopic (exact) mass is 566 g/mol. The highest BCUT2D eigenvalue weighted by atomic mass is 16.3. The van der Waals surface area contributed by atoms with Crippen LogP contribution < -0.4 is 5.32 Å². The molecule has 0 atom stereocenters. The van der Waals surface area contributed by atoms with E-state index in [2.05, 4.69) is 107 Å². The maximum atomic E-state index is 6.51. The van der Waals surface area contributed by atoms with Gasteiger partial charge in [0.1, 0.15) is 17.3 Å². The number of rotatable bonds is 4. The average Bonchev–Trinajstić information content (AvgIpc) is 3.65. The lowest BCUT2D eigenvalue weighted by molar-refractivity contribution is 0.666. The topological polar surface area (TPSA) is 54.8 Å². The minimum Gasteiger partial charge on any atom is -0.454 e. The Hall–Kier alpha value is -5.94. The van der Waals surface area contributed by atoms with Crippen molar-refractivity contribution in [3.05, 3.63) is 162 Å². The molecule has 44 heavy (non-hydrogen) atoms. The molecular formula is C39H26N4O. The first-order chi connectivity index (χ1) is 21.8. The SMILES string of the molecule is c1ccc(C2=NC(c3cccc4c3c3ccccc3n4-c3cccc4c3oc3ccccc34)N=C(c3ccccc3)N2)cc1. The molecule has 9 rings (SSSR count). The smallest absolute Gasteiger partial charge is 0.170 e. The quantitative estimate of drug-likeness (QED) is 0.231. The molecule has 0 fully saturated rings. The number of para-hydroxylation sites is 3. The molecule has 1 N–H and O–H groups in total. The van der Waals surface area contributed by atoms with Crippen LogP contribution in [0.1, 0.15) is 22.9 Å². The number of hydrogen-bond acceptors (Lipinski definition) is 4. The lowest BCUT2D eigenvalue weighted by Gasteiger charge is -2.23. The van der Waals surface area contributed by atoms with Crippen molar-refractivity contribution in [2.45, 2.75) is 6.17 Å². The summed E-state index contributed by atoms with van der Waals surface area (Å²) in [5.74, 6) is 1.61. The predicted molar refractivity (Wildman–Crippen MR) is 180 cm³/mol. The highest BCUT2D eigenvalue weighted by molar-refractivity contribution is 6.17. The van der Waals surface area contributed by atoms with Crippen LogP contribution in [-0.4, -0.2) is 16.2 Å². The minimum absolute atomic E-state index is 0.438. The van der Waals surface area contributed by atoms with Crippen LogP contribution >= 0.6 is 0 Å². The van der Waals surface area contributed by atoms with E-state index >= 15 is 0 Å². The fourth-order valence-electron chi connectivity index (χ4n) is 6.50. The van der Waals surface area contributed by atoms with Crippen LogP contribution in [0.25, 0.3) is 49.4 Å². The molecule has 0 radical (unpaired) electrons. The lowest BCUT2D eigenvalue weighted by Crippen LogP contribution is -2.36. The first-order valence-electron chi connectivity index (χ1n) is 14.8. The van der Waals surface area contributed by atoms with Crippen LogP contribution in [0.3, 0.4) is 0 Å². The molecule has 6 aromatic carbocycles. The summed E-state index contributed by atoms with van der Waals surface area (Å²) in [6.07, 6.45) is -0.438. The van der Waals surface area contributed by atoms with E-state index in [1.165, 1.54) is 0 Å². The van der Waals surface area contributed by atoms with Crippen LogP contribution in [0.4, 0.5) is 0 Å². The van der Waals surface area contributed by atoms with Gasteiger partial charge >= 0.3 is 0 Å². The Kier molecular flexibility index (Phi) is 5.50. The minimum atomic E-state index is -0.438. The molecule has 8 aromatic rings. The van der Waals surface area contributed by atoms with Gasteiger partial charge in [0.15, 0.2) is 11.7 Å². The molecule has 0 aliphatic carbocycles. The number of hydrogen-bond donors (Lipinski definition) is 1. The number of furan rings is 1. The van der Waals surface area contributed by atoms with E-state index in [0.29, 0.717) is 0 Å². The molecular weight excluding hydrogens is 540 g/mol. The van der Waals surface area contributed by atoms with Gasteiger partial charge in [-0.3, -0.25) is 0 Å². The fraction of sp³-hybridized carbons (Fsp3) is 0.0256. The first kappa shape index (κ1) is 24.6. The average molecular weight is 567 g/mol. The largest absolute Gasteiger partial charge is 0.454 e. The summed E-state index contributed by atoms with van der Waals surface area (Å²) >= 11 is 0. The summed E-state index contributed by atoms with van der Waals surface area (Å²) in [6, 6.07) is 50.2. The summed E-state index contributed by atoms with van der Waals surface area (Å²) in [5, 5.41) is 8.02. The Morgan fingerprint density at radius 3 is 1.86 bits per heavy atom. The number of aliphatic imine (C=N–C) groups is 2. The Morgan fingerprint density at radius 2 is 1.11 bits per heavy atom. The van der Waals surface area contributed by atoms with E-state index in [9.17, 15) is 0 Å². The molecule has 208 valence electrons. The molecule has 2 aromatic heterocycles. The van der Waals surface area contributed by atoms with E-state index in [4.69, 9.17) is 14.4 Å². The number of nitrogens with one attached hydrogen (secondary N) is 1. The van der Waals surface area contributed by atoms with Crippen LogP contribution in [0.15, 0.2) is 160 Å². The number of amidine groups is 2. The molecule has 3 heterocycles. The second-order valence-corrected chi connectivity index (χ2v) is 11.0. The van der Waals surface area contributed by atoms with Gasteiger partial charge in [-0.2, -0.15) is 0 Å².